The number of rotatable bonds is 2. The molecule has 0 unspecified atom stereocenters. The zero-order chi connectivity index (χ0) is 12.5. The van der Waals surface area contributed by atoms with Gasteiger partial charge in [0.05, 0.1) is 11.4 Å². The quantitative estimate of drug-likeness (QED) is 0.594. The maximum absolute atomic E-state index is 5.99. The summed E-state index contributed by atoms with van der Waals surface area (Å²) >= 11 is 0. The lowest BCUT2D eigenvalue weighted by Gasteiger charge is -2.10. The Morgan fingerprint density at radius 3 is 2.78 bits per heavy atom. The van der Waals surface area contributed by atoms with Crippen LogP contribution in [0.1, 0.15) is 5.56 Å². The van der Waals surface area contributed by atoms with E-state index in [4.69, 9.17) is 5.73 Å². The number of benzene rings is 2. The van der Waals surface area contributed by atoms with Gasteiger partial charge in [0.15, 0.2) is 0 Å². The summed E-state index contributed by atoms with van der Waals surface area (Å²) in [5.74, 6) is 0. The van der Waals surface area contributed by atoms with Gasteiger partial charge in [-0.3, -0.25) is 0 Å². The van der Waals surface area contributed by atoms with Crippen LogP contribution in [-0.4, -0.2) is 4.98 Å². The molecule has 0 fully saturated rings. The Bertz CT molecular complexity index is 698. The van der Waals surface area contributed by atoms with E-state index >= 15 is 0 Å². The molecule has 18 heavy (non-hydrogen) atoms. The van der Waals surface area contributed by atoms with Gasteiger partial charge in [-0.1, -0.05) is 6.07 Å². The fourth-order valence-corrected chi connectivity index (χ4v) is 2.08. The molecule has 2 aromatic carbocycles. The maximum Gasteiger partial charge on any atom is 0.0618 e. The van der Waals surface area contributed by atoms with Gasteiger partial charge in [-0.2, -0.15) is 0 Å². The Hall–Kier alpha value is -2.42. The molecule has 90 valence electrons. The zero-order valence-corrected chi connectivity index (χ0v) is 10.2. The minimum absolute atomic E-state index is 0.768. The van der Waals surface area contributed by atoms with Crippen molar-refractivity contribution >= 4 is 28.0 Å². The van der Waals surface area contributed by atoms with Crippen molar-refractivity contribution in [3.05, 3.63) is 54.2 Å². The number of aromatic nitrogens is 1. The highest BCUT2D eigenvalue weighted by molar-refractivity contribution is 5.85. The molecule has 0 saturated carbocycles. The second-order valence-electron chi connectivity index (χ2n) is 4.50. The van der Waals surface area contributed by atoms with Crippen molar-refractivity contribution in [3.8, 4) is 0 Å². The fourth-order valence-electron chi connectivity index (χ4n) is 2.08. The number of anilines is 3. The number of hydrogen-bond donors (Lipinski definition) is 3. The van der Waals surface area contributed by atoms with Gasteiger partial charge in [-0.05, 0) is 48.9 Å². The van der Waals surface area contributed by atoms with Gasteiger partial charge in [-0.15, -0.1) is 0 Å². The third-order valence-corrected chi connectivity index (χ3v) is 3.04. The second-order valence-corrected chi connectivity index (χ2v) is 4.50. The molecular formula is C15H15N3. The minimum atomic E-state index is 0.768. The highest BCUT2D eigenvalue weighted by atomic mass is 14.9. The van der Waals surface area contributed by atoms with Gasteiger partial charge in [0.1, 0.15) is 0 Å². The topological polar surface area (TPSA) is 53.8 Å². The van der Waals surface area contributed by atoms with Gasteiger partial charge in [0.2, 0.25) is 0 Å². The van der Waals surface area contributed by atoms with Crippen LogP contribution in [0.2, 0.25) is 0 Å². The molecule has 3 rings (SSSR count). The molecule has 0 amide bonds. The lowest BCUT2D eigenvalue weighted by Crippen LogP contribution is -1.96. The summed E-state index contributed by atoms with van der Waals surface area (Å²) in [5.41, 5.74) is 11.0. The van der Waals surface area contributed by atoms with Crippen LogP contribution < -0.4 is 11.1 Å². The van der Waals surface area contributed by atoms with E-state index in [-0.39, 0.29) is 0 Å². The van der Waals surface area contributed by atoms with E-state index < -0.39 is 0 Å². The highest BCUT2D eigenvalue weighted by Gasteiger charge is 2.01. The number of aromatic amines is 1. The maximum atomic E-state index is 5.99. The first kappa shape index (κ1) is 10.7. The molecular weight excluding hydrogens is 222 g/mol. The van der Waals surface area contributed by atoms with Crippen molar-refractivity contribution in [2.45, 2.75) is 6.92 Å². The Morgan fingerprint density at radius 1 is 1.06 bits per heavy atom. The average Bonchev–Trinajstić information content (AvgIpc) is 2.80. The molecule has 0 bridgehead atoms. The van der Waals surface area contributed by atoms with Crippen LogP contribution in [0.4, 0.5) is 17.1 Å². The first-order chi connectivity index (χ1) is 8.72. The van der Waals surface area contributed by atoms with Crippen molar-refractivity contribution < 1.29 is 0 Å². The van der Waals surface area contributed by atoms with E-state index in [1.165, 1.54) is 10.9 Å². The van der Waals surface area contributed by atoms with E-state index in [1.54, 1.807) is 0 Å². The van der Waals surface area contributed by atoms with Crippen molar-refractivity contribution in [2.24, 2.45) is 0 Å². The number of nitrogens with one attached hydrogen (secondary N) is 2. The summed E-state index contributed by atoms with van der Waals surface area (Å²) in [6.07, 6.45) is 1.94. The summed E-state index contributed by atoms with van der Waals surface area (Å²) in [6, 6.07) is 14.3. The summed E-state index contributed by atoms with van der Waals surface area (Å²) in [5, 5.41) is 4.53. The standard InChI is InChI=1S/C15H15N3/c1-10-2-4-15(13(16)8-10)18-12-3-5-14-11(9-12)6-7-17-14/h2-9,17-18H,16H2,1H3. The molecule has 0 saturated heterocycles. The normalized spacial score (nSPS) is 10.7. The Morgan fingerprint density at radius 2 is 1.94 bits per heavy atom. The number of fused-ring (bicyclic) bond motifs is 1. The van der Waals surface area contributed by atoms with Gasteiger partial charge < -0.3 is 16.0 Å². The SMILES string of the molecule is Cc1ccc(Nc2ccc3[nH]ccc3c2)c(N)c1. The average molecular weight is 237 g/mol. The molecule has 0 spiro atoms. The number of nitrogens with two attached hydrogens (primary N) is 1. The van der Waals surface area contributed by atoms with E-state index in [2.05, 4.69) is 28.5 Å². The number of aryl methyl sites for hydroxylation is 1. The molecule has 1 aromatic heterocycles. The predicted molar refractivity (Wildman–Crippen MR) is 77.2 cm³/mol. The zero-order valence-electron chi connectivity index (χ0n) is 10.2. The first-order valence-corrected chi connectivity index (χ1v) is 5.93. The van der Waals surface area contributed by atoms with Crippen LogP contribution in [0.25, 0.3) is 10.9 Å². The van der Waals surface area contributed by atoms with Crippen molar-refractivity contribution in [1.82, 2.24) is 4.98 Å². The molecule has 0 aliphatic rings. The Kier molecular flexibility index (Phi) is 2.45. The summed E-state index contributed by atoms with van der Waals surface area (Å²) in [6.45, 7) is 2.03. The molecule has 4 N–H and O–H groups in total. The van der Waals surface area contributed by atoms with Gasteiger partial charge in [-0.25, -0.2) is 0 Å². The van der Waals surface area contributed by atoms with E-state index in [9.17, 15) is 0 Å². The predicted octanol–water partition coefficient (Wildman–Crippen LogP) is 3.80. The highest BCUT2D eigenvalue weighted by Crippen LogP contribution is 2.26. The molecule has 0 radical (unpaired) electrons. The van der Waals surface area contributed by atoms with E-state index in [0.717, 1.165) is 22.6 Å². The summed E-state index contributed by atoms with van der Waals surface area (Å²) in [7, 11) is 0. The molecule has 0 aliphatic carbocycles. The second kappa shape index (κ2) is 4.11. The van der Waals surface area contributed by atoms with Gasteiger partial charge >= 0.3 is 0 Å². The largest absolute Gasteiger partial charge is 0.397 e. The summed E-state index contributed by atoms with van der Waals surface area (Å²) in [4.78, 5) is 3.18. The molecule has 3 nitrogen and oxygen atoms in total. The number of hydrogen-bond acceptors (Lipinski definition) is 2. The third kappa shape index (κ3) is 1.91. The summed E-state index contributed by atoms with van der Waals surface area (Å²) < 4.78 is 0. The van der Waals surface area contributed by atoms with Crippen LogP contribution in [-0.2, 0) is 0 Å². The van der Waals surface area contributed by atoms with Crippen LogP contribution in [0.3, 0.4) is 0 Å². The molecule has 0 atom stereocenters. The Labute approximate surface area is 106 Å². The first-order valence-electron chi connectivity index (χ1n) is 5.93. The van der Waals surface area contributed by atoms with Crippen molar-refractivity contribution in [3.63, 3.8) is 0 Å². The lowest BCUT2D eigenvalue weighted by atomic mass is 10.2. The third-order valence-electron chi connectivity index (χ3n) is 3.04. The Balaban J connectivity index is 1.95. The van der Waals surface area contributed by atoms with E-state index in [0.29, 0.717) is 0 Å². The van der Waals surface area contributed by atoms with E-state index in [1.807, 2.05) is 37.4 Å². The van der Waals surface area contributed by atoms with Gasteiger partial charge in [0, 0.05) is 22.8 Å². The van der Waals surface area contributed by atoms with Crippen LogP contribution in [0, 0.1) is 6.92 Å². The molecule has 3 heteroatoms. The number of H-pyrrole nitrogens is 1. The van der Waals surface area contributed by atoms with Crippen molar-refractivity contribution in [1.29, 1.82) is 0 Å². The smallest absolute Gasteiger partial charge is 0.0618 e. The fraction of sp³-hybridized carbons (Fsp3) is 0.0667. The van der Waals surface area contributed by atoms with Crippen molar-refractivity contribution in [2.75, 3.05) is 11.1 Å². The molecule has 3 aromatic rings. The molecule has 1 heterocycles. The number of nitrogen functional groups attached to an aromatic ring is 1. The minimum Gasteiger partial charge on any atom is -0.397 e. The van der Waals surface area contributed by atoms with Crippen LogP contribution in [0.15, 0.2) is 48.7 Å². The van der Waals surface area contributed by atoms with Crippen LogP contribution in [0.5, 0.6) is 0 Å². The molecule has 0 aliphatic heterocycles. The van der Waals surface area contributed by atoms with Gasteiger partial charge in [0.25, 0.3) is 0 Å². The van der Waals surface area contributed by atoms with Crippen LogP contribution >= 0.6 is 0 Å². The monoisotopic (exact) mass is 237 g/mol. The lowest BCUT2D eigenvalue weighted by molar-refractivity contribution is 1.45.